The van der Waals surface area contributed by atoms with Crippen molar-refractivity contribution in [1.82, 2.24) is 25.5 Å². The van der Waals surface area contributed by atoms with Gasteiger partial charge >= 0.3 is 0 Å². The molecule has 0 aliphatic carbocycles. The fourth-order valence-corrected chi connectivity index (χ4v) is 2.88. The average molecular weight is 257 g/mol. The van der Waals surface area contributed by atoms with E-state index in [2.05, 4.69) is 27.7 Å². The lowest BCUT2D eigenvalue weighted by Crippen LogP contribution is -2.46. The van der Waals surface area contributed by atoms with Crippen LogP contribution >= 0.6 is 11.8 Å². The molecule has 1 aliphatic rings. The molecule has 0 bridgehead atoms. The smallest absolute Gasteiger partial charge is 0.176 e. The van der Waals surface area contributed by atoms with Crippen molar-refractivity contribution in [3.63, 3.8) is 0 Å². The van der Waals surface area contributed by atoms with Gasteiger partial charge in [-0.2, -0.15) is 16.6 Å². The molecule has 1 aromatic rings. The summed E-state index contributed by atoms with van der Waals surface area (Å²) in [4.78, 5) is 1.49. The molecule has 0 saturated carbocycles. The van der Waals surface area contributed by atoms with E-state index in [0.29, 0.717) is 0 Å². The molecule has 0 aromatic carbocycles. The van der Waals surface area contributed by atoms with Crippen molar-refractivity contribution in [2.24, 2.45) is 7.05 Å². The van der Waals surface area contributed by atoms with Crippen LogP contribution in [0, 0.1) is 0 Å². The van der Waals surface area contributed by atoms with Crippen molar-refractivity contribution < 1.29 is 4.74 Å². The van der Waals surface area contributed by atoms with Crippen LogP contribution in [0.15, 0.2) is 0 Å². The maximum atomic E-state index is 5.81. The summed E-state index contributed by atoms with van der Waals surface area (Å²) in [6, 6.07) is 0.275. The number of aromatic nitrogens is 4. The SMILES string of the molecule is CCNC(Cc1nnn(C)n1)C1CSCCO1. The fraction of sp³-hybridized carbons (Fsp3) is 0.900. The van der Waals surface area contributed by atoms with Gasteiger partial charge in [-0.3, -0.25) is 0 Å². The van der Waals surface area contributed by atoms with E-state index < -0.39 is 0 Å². The molecule has 1 aromatic heterocycles. The summed E-state index contributed by atoms with van der Waals surface area (Å²) in [6.45, 7) is 3.87. The predicted octanol–water partition coefficient (Wildman–Crippen LogP) is -0.137. The van der Waals surface area contributed by atoms with Crippen molar-refractivity contribution in [2.45, 2.75) is 25.5 Å². The third kappa shape index (κ3) is 3.65. The number of nitrogens with one attached hydrogen (secondary N) is 1. The zero-order chi connectivity index (χ0) is 12.1. The van der Waals surface area contributed by atoms with Crippen LogP contribution in [-0.4, -0.2) is 57.0 Å². The second-order valence-electron chi connectivity index (χ2n) is 4.05. The second kappa shape index (κ2) is 6.32. The summed E-state index contributed by atoms with van der Waals surface area (Å²) in [5.74, 6) is 2.91. The zero-order valence-electron chi connectivity index (χ0n) is 10.3. The predicted molar refractivity (Wildman–Crippen MR) is 67.0 cm³/mol. The normalized spacial score (nSPS) is 22.6. The second-order valence-corrected chi connectivity index (χ2v) is 5.20. The van der Waals surface area contributed by atoms with E-state index in [1.54, 1.807) is 7.05 Å². The molecule has 2 unspecified atom stereocenters. The molecule has 96 valence electrons. The highest BCUT2D eigenvalue weighted by Gasteiger charge is 2.25. The quantitative estimate of drug-likeness (QED) is 0.792. The summed E-state index contributed by atoms with van der Waals surface area (Å²) in [5, 5.41) is 15.6. The zero-order valence-corrected chi connectivity index (χ0v) is 11.1. The van der Waals surface area contributed by atoms with Gasteiger partial charge in [-0.25, -0.2) is 0 Å². The summed E-state index contributed by atoms with van der Waals surface area (Å²) in [7, 11) is 1.78. The number of hydrogen-bond donors (Lipinski definition) is 1. The van der Waals surface area contributed by atoms with Crippen LogP contribution in [0.2, 0.25) is 0 Å². The minimum absolute atomic E-state index is 0.248. The highest BCUT2D eigenvalue weighted by molar-refractivity contribution is 7.99. The highest BCUT2D eigenvalue weighted by atomic mass is 32.2. The molecule has 0 spiro atoms. The molecule has 6 nitrogen and oxygen atoms in total. The van der Waals surface area contributed by atoms with Gasteiger partial charge in [0.15, 0.2) is 5.82 Å². The molecule has 2 rings (SSSR count). The Kier molecular flexibility index (Phi) is 4.75. The summed E-state index contributed by atoms with van der Waals surface area (Å²) >= 11 is 1.95. The van der Waals surface area contributed by atoms with E-state index in [9.17, 15) is 0 Å². The van der Waals surface area contributed by atoms with Gasteiger partial charge in [0.25, 0.3) is 0 Å². The molecule has 0 radical (unpaired) electrons. The molecular weight excluding hydrogens is 238 g/mol. The first-order valence-corrected chi connectivity index (χ1v) is 7.10. The van der Waals surface area contributed by atoms with Gasteiger partial charge in [-0.1, -0.05) is 6.92 Å². The molecule has 17 heavy (non-hydrogen) atoms. The molecule has 0 amide bonds. The maximum Gasteiger partial charge on any atom is 0.176 e. The highest BCUT2D eigenvalue weighted by Crippen LogP contribution is 2.17. The Labute approximate surface area is 105 Å². The van der Waals surface area contributed by atoms with E-state index in [0.717, 1.165) is 36.9 Å². The van der Waals surface area contributed by atoms with Crippen molar-refractivity contribution >= 4 is 11.8 Å². The van der Waals surface area contributed by atoms with Crippen molar-refractivity contribution in [3.8, 4) is 0 Å². The minimum atomic E-state index is 0.248. The molecule has 2 heterocycles. The van der Waals surface area contributed by atoms with Crippen molar-refractivity contribution in [3.05, 3.63) is 5.82 Å². The molecule has 1 fully saturated rings. The monoisotopic (exact) mass is 257 g/mol. The molecule has 1 N–H and O–H groups in total. The first-order valence-electron chi connectivity index (χ1n) is 5.95. The van der Waals surface area contributed by atoms with Gasteiger partial charge in [0.2, 0.25) is 0 Å². The number of likely N-dealkylation sites (N-methyl/N-ethyl adjacent to an activating group) is 1. The Morgan fingerprint density at radius 1 is 1.65 bits per heavy atom. The van der Waals surface area contributed by atoms with Crippen LogP contribution in [0.4, 0.5) is 0 Å². The van der Waals surface area contributed by atoms with E-state index in [4.69, 9.17) is 4.74 Å². The van der Waals surface area contributed by atoms with Crippen molar-refractivity contribution in [2.75, 3.05) is 24.7 Å². The lowest BCUT2D eigenvalue weighted by atomic mass is 10.1. The average Bonchev–Trinajstić information content (AvgIpc) is 2.75. The van der Waals surface area contributed by atoms with Gasteiger partial charge in [0.1, 0.15) is 0 Å². The Balaban J connectivity index is 1.95. The summed E-state index contributed by atoms with van der Waals surface area (Å²) < 4.78 is 5.81. The molecule has 2 atom stereocenters. The van der Waals surface area contributed by atoms with Gasteiger partial charge < -0.3 is 10.1 Å². The first kappa shape index (κ1) is 12.8. The van der Waals surface area contributed by atoms with E-state index >= 15 is 0 Å². The van der Waals surface area contributed by atoms with Gasteiger partial charge in [-0.05, 0) is 11.8 Å². The van der Waals surface area contributed by atoms with E-state index in [1.165, 1.54) is 4.80 Å². The van der Waals surface area contributed by atoms with Crippen LogP contribution in [0.5, 0.6) is 0 Å². The van der Waals surface area contributed by atoms with Crippen LogP contribution in [0.25, 0.3) is 0 Å². The minimum Gasteiger partial charge on any atom is -0.375 e. The van der Waals surface area contributed by atoms with Gasteiger partial charge in [0.05, 0.1) is 19.8 Å². The van der Waals surface area contributed by atoms with E-state index in [-0.39, 0.29) is 12.1 Å². The number of tetrazole rings is 1. The first-order chi connectivity index (χ1) is 8.29. The number of thioether (sulfide) groups is 1. The largest absolute Gasteiger partial charge is 0.375 e. The Morgan fingerprint density at radius 3 is 3.12 bits per heavy atom. The topological polar surface area (TPSA) is 64.9 Å². The Bertz CT molecular complexity index is 339. The number of ether oxygens (including phenoxy) is 1. The van der Waals surface area contributed by atoms with Crippen LogP contribution in [-0.2, 0) is 18.2 Å². The van der Waals surface area contributed by atoms with Crippen LogP contribution < -0.4 is 5.32 Å². The van der Waals surface area contributed by atoms with E-state index in [1.807, 2.05) is 11.8 Å². The van der Waals surface area contributed by atoms with Crippen LogP contribution in [0.3, 0.4) is 0 Å². The van der Waals surface area contributed by atoms with Gasteiger partial charge in [0, 0.05) is 24.0 Å². The number of nitrogens with zero attached hydrogens (tertiary/aromatic N) is 4. The molecule has 1 aliphatic heterocycles. The third-order valence-electron chi connectivity index (χ3n) is 2.71. The molecular formula is C10H19N5OS. The van der Waals surface area contributed by atoms with Gasteiger partial charge in [-0.15, -0.1) is 10.2 Å². The number of rotatable bonds is 5. The lowest BCUT2D eigenvalue weighted by Gasteiger charge is -2.30. The van der Waals surface area contributed by atoms with Crippen LogP contribution in [0.1, 0.15) is 12.7 Å². The maximum absolute atomic E-state index is 5.81. The standard InChI is InChI=1S/C10H19N5OS/c1-3-11-8(9-7-17-5-4-16-9)6-10-12-14-15(2)13-10/h8-9,11H,3-7H2,1-2H3. The lowest BCUT2D eigenvalue weighted by molar-refractivity contribution is 0.0470. The Hall–Kier alpha value is -0.660. The third-order valence-corrected chi connectivity index (χ3v) is 3.73. The molecule has 7 heteroatoms. The number of hydrogen-bond acceptors (Lipinski definition) is 6. The summed E-state index contributed by atoms with van der Waals surface area (Å²) in [6.07, 6.45) is 1.02. The molecule has 1 saturated heterocycles. The Morgan fingerprint density at radius 2 is 2.53 bits per heavy atom. The fourth-order valence-electron chi connectivity index (χ4n) is 1.94. The summed E-state index contributed by atoms with van der Waals surface area (Å²) in [5.41, 5.74) is 0. The number of aryl methyl sites for hydroxylation is 1. The van der Waals surface area contributed by atoms with Crippen molar-refractivity contribution in [1.29, 1.82) is 0 Å².